The van der Waals surface area contributed by atoms with Gasteiger partial charge in [-0.1, -0.05) is 78.9 Å². The van der Waals surface area contributed by atoms with Gasteiger partial charge in [-0.3, -0.25) is 0 Å². The van der Waals surface area contributed by atoms with Crippen LogP contribution in [-0.2, 0) is 0 Å². The second-order valence-corrected chi connectivity index (χ2v) is 6.03. The molecule has 0 saturated carbocycles. The number of nitrogens with one attached hydrogen (secondary N) is 1. The Labute approximate surface area is 141 Å². The number of H-pyrrole nitrogens is 1. The lowest BCUT2D eigenvalue weighted by Crippen LogP contribution is -2.12. The fourth-order valence-corrected chi connectivity index (χ4v) is 3.39. The molecule has 1 heterocycles. The average Bonchev–Trinajstić information content (AvgIpc) is 3.07. The topological polar surface area (TPSA) is 36.0 Å². The Balaban J connectivity index is 1.88. The van der Waals surface area contributed by atoms with Crippen molar-refractivity contribution in [1.29, 1.82) is 0 Å². The summed E-state index contributed by atoms with van der Waals surface area (Å²) in [5.41, 5.74) is 4.25. The quantitative estimate of drug-likeness (QED) is 0.544. The summed E-state index contributed by atoms with van der Waals surface area (Å²) in [6.07, 6.45) is 1.42. The number of fused-ring (bicyclic) bond motifs is 1. The highest BCUT2D eigenvalue weighted by molar-refractivity contribution is 5.84. The van der Waals surface area contributed by atoms with Gasteiger partial charge >= 0.3 is 0 Å². The molecular weight excluding hydrogens is 294 g/mol. The second kappa shape index (κ2) is 6.34. The van der Waals surface area contributed by atoms with Gasteiger partial charge in [-0.2, -0.15) is 0 Å². The predicted molar refractivity (Wildman–Crippen MR) is 98.0 cm³/mol. The van der Waals surface area contributed by atoms with E-state index < -0.39 is 6.10 Å². The largest absolute Gasteiger partial charge is 0.387 e. The summed E-state index contributed by atoms with van der Waals surface area (Å²) in [6.45, 7) is 0. The highest BCUT2D eigenvalue weighted by Crippen LogP contribution is 2.39. The third-order valence-electron chi connectivity index (χ3n) is 4.57. The van der Waals surface area contributed by atoms with E-state index in [4.69, 9.17) is 0 Å². The SMILES string of the molecule is OC(c1ccccc1)C(c1ccccc1)c1c[nH]c2ccccc12. The summed E-state index contributed by atoms with van der Waals surface area (Å²) in [5.74, 6) is -0.121. The van der Waals surface area contributed by atoms with Gasteiger partial charge in [0.2, 0.25) is 0 Å². The zero-order valence-electron chi connectivity index (χ0n) is 13.3. The predicted octanol–water partition coefficient (Wildman–Crippen LogP) is 5.03. The Hall–Kier alpha value is -2.84. The van der Waals surface area contributed by atoms with Gasteiger partial charge in [0.15, 0.2) is 0 Å². The molecule has 24 heavy (non-hydrogen) atoms. The minimum atomic E-state index is -0.604. The first-order valence-electron chi connectivity index (χ1n) is 8.18. The number of aromatic nitrogens is 1. The van der Waals surface area contributed by atoms with Crippen LogP contribution >= 0.6 is 0 Å². The van der Waals surface area contributed by atoms with E-state index in [2.05, 4.69) is 29.2 Å². The van der Waals surface area contributed by atoms with Crippen LogP contribution in [0.4, 0.5) is 0 Å². The van der Waals surface area contributed by atoms with Crippen LogP contribution < -0.4 is 0 Å². The first-order chi connectivity index (χ1) is 11.8. The summed E-state index contributed by atoms with van der Waals surface area (Å²) in [6, 6.07) is 28.3. The maximum Gasteiger partial charge on any atom is 0.0899 e. The Morgan fingerprint density at radius 2 is 1.25 bits per heavy atom. The van der Waals surface area contributed by atoms with Gasteiger partial charge < -0.3 is 10.1 Å². The highest BCUT2D eigenvalue weighted by Gasteiger charge is 2.26. The van der Waals surface area contributed by atoms with Crippen LogP contribution in [0.25, 0.3) is 10.9 Å². The normalized spacial score (nSPS) is 13.7. The standard InChI is InChI=1S/C22H19NO/c24-22(17-11-5-2-6-12-17)21(16-9-3-1-4-10-16)19-15-23-20-14-8-7-13-18(19)20/h1-15,21-24H. The Morgan fingerprint density at radius 3 is 1.96 bits per heavy atom. The number of aliphatic hydroxyl groups excluding tert-OH is 1. The van der Waals surface area contributed by atoms with Crippen LogP contribution in [0.5, 0.6) is 0 Å². The van der Waals surface area contributed by atoms with Gasteiger partial charge in [0.05, 0.1) is 6.10 Å². The number of aliphatic hydroxyl groups is 1. The molecule has 118 valence electrons. The van der Waals surface area contributed by atoms with Gasteiger partial charge in [-0.05, 0) is 22.8 Å². The summed E-state index contributed by atoms with van der Waals surface area (Å²) >= 11 is 0. The minimum Gasteiger partial charge on any atom is -0.387 e. The fourth-order valence-electron chi connectivity index (χ4n) is 3.39. The molecule has 1 aromatic heterocycles. The highest BCUT2D eigenvalue weighted by atomic mass is 16.3. The first kappa shape index (κ1) is 14.7. The van der Waals surface area contributed by atoms with E-state index >= 15 is 0 Å². The van der Waals surface area contributed by atoms with E-state index in [-0.39, 0.29) is 5.92 Å². The maximum atomic E-state index is 11.2. The summed E-state index contributed by atoms with van der Waals surface area (Å²) in [5, 5.41) is 12.3. The van der Waals surface area contributed by atoms with Crippen molar-refractivity contribution < 1.29 is 5.11 Å². The van der Waals surface area contributed by atoms with E-state index in [1.807, 2.05) is 66.9 Å². The number of rotatable bonds is 4. The van der Waals surface area contributed by atoms with E-state index in [0.29, 0.717) is 0 Å². The molecule has 0 amide bonds. The molecule has 2 nitrogen and oxygen atoms in total. The van der Waals surface area contributed by atoms with Crippen LogP contribution in [0.1, 0.15) is 28.7 Å². The molecule has 3 aromatic carbocycles. The molecule has 0 aliphatic carbocycles. The summed E-state index contributed by atoms with van der Waals surface area (Å²) in [7, 11) is 0. The van der Waals surface area contributed by atoms with E-state index in [9.17, 15) is 5.11 Å². The Bertz CT molecular complexity index is 928. The summed E-state index contributed by atoms with van der Waals surface area (Å²) in [4.78, 5) is 3.33. The van der Waals surface area contributed by atoms with E-state index in [1.165, 1.54) is 0 Å². The van der Waals surface area contributed by atoms with Crippen molar-refractivity contribution in [3.8, 4) is 0 Å². The van der Waals surface area contributed by atoms with Crippen molar-refractivity contribution >= 4 is 10.9 Å². The number of hydrogen-bond acceptors (Lipinski definition) is 1. The lowest BCUT2D eigenvalue weighted by atomic mass is 9.83. The van der Waals surface area contributed by atoms with Crippen molar-refractivity contribution in [1.82, 2.24) is 4.98 Å². The third kappa shape index (κ3) is 2.61. The molecule has 2 unspecified atom stereocenters. The molecule has 0 radical (unpaired) electrons. The minimum absolute atomic E-state index is 0.121. The molecule has 2 heteroatoms. The molecule has 2 N–H and O–H groups in total. The Morgan fingerprint density at radius 1 is 0.667 bits per heavy atom. The zero-order valence-corrected chi connectivity index (χ0v) is 13.3. The molecule has 0 spiro atoms. The Kier molecular flexibility index (Phi) is 3.89. The molecule has 0 bridgehead atoms. The molecule has 0 fully saturated rings. The number of benzene rings is 3. The van der Waals surface area contributed by atoms with Crippen LogP contribution in [0, 0.1) is 0 Å². The van der Waals surface area contributed by atoms with Crippen molar-refractivity contribution in [3.05, 3.63) is 108 Å². The molecule has 4 rings (SSSR count). The lowest BCUT2D eigenvalue weighted by molar-refractivity contribution is 0.159. The van der Waals surface area contributed by atoms with Crippen LogP contribution in [-0.4, -0.2) is 10.1 Å². The molecule has 0 aliphatic heterocycles. The monoisotopic (exact) mass is 313 g/mol. The van der Waals surface area contributed by atoms with Crippen molar-refractivity contribution in [2.45, 2.75) is 12.0 Å². The molecule has 4 aromatic rings. The lowest BCUT2D eigenvalue weighted by Gasteiger charge is -2.24. The smallest absolute Gasteiger partial charge is 0.0899 e. The molecule has 0 aliphatic rings. The molecule has 0 saturated heterocycles. The number of aromatic amines is 1. The van der Waals surface area contributed by atoms with Gasteiger partial charge in [-0.25, -0.2) is 0 Å². The van der Waals surface area contributed by atoms with Crippen LogP contribution in [0.3, 0.4) is 0 Å². The number of hydrogen-bond donors (Lipinski definition) is 2. The third-order valence-corrected chi connectivity index (χ3v) is 4.57. The van der Waals surface area contributed by atoms with Gasteiger partial charge in [0, 0.05) is 23.0 Å². The molecular formula is C22H19NO. The number of para-hydroxylation sites is 1. The maximum absolute atomic E-state index is 11.2. The second-order valence-electron chi connectivity index (χ2n) is 6.03. The van der Waals surface area contributed by atoms with Crippen molar-refractivity contribution in [3.63, 3.8) is 0 Å². The van der Waals surface area contributed by atoms with Gasteiger partial charge in [-0.15, -0.1) is 0 Å². The van der Waals surface area contributed by atoms with Crippen molar-refractivity contribution in [2.75, 3.05) is 0 Å². The van der Waals surface area contributed by atoms with E-state index in [0.717, 1.165) is 27.6 Å². The van der Waals surface area contributed by atoms with E-state index in [1.54, 1.807) is 0 Å². The fraction of sp³-hybridized carbons (Fsp3) is 0.0909. The van der Waals surface area contributed by atoms with Crippen LogP contribution in [0.15, 0.2) is 91.1 Å². The van der Waals surface area contributed by atoms with Crippen LogP contribution in [0.2, 0.25) is 0 Å². The van der Waals surface area contributed by atoms with Crippen molar-refractivity contribution in [2.24, 2.45) is 0 Å². The molecule has 2 atom stereocenters. The van der Waals surface area contributed by atoms with Gasteiger partial charge in [0.25, 0.3) is 0 Å². The first-order valence-corrected chi connectivity index (χ1v) is 8.18. The average molecular weight is 313 g/mol. The summed E-state index contributed by atoms with van der Waals surface area (Å²) < 4.78 is 0. The van der Waals surface area contributed by atoms with Gasteiger partial charge in [0.1, 0.15) is 0 Å². The zero-order chi connectivity index (χ0) is 16.4.